The molecule has 108 valence electrons. The molecular formula is C15H20N2O2S. The zero-order valence-corrected chi connectivity index (χ0v) is 12.4. The van der Waals surface area contributed by atoms with Gasteiger partial charge in [0, 0.05) is 13.1 Å². The van der Waals surface area contributed by atoms with Crippen LogP contribution in [0, 0.1) is 0 Å². The molecule has 3 N–H and O–H groups in total. The Bertz CT molecular complexity index is 502. The molecule has 20 heavy (non-hydrogen) atoms. The van der Waals surface area contributed by atoms with Gasteiger partial charge in [0.25, 0.3) is 0 Å². The highest BCUT2D eigenvalue weighted by Crippen LogP contribution is 2.25. The van der Waals surface area contributed by atoms with E-state index in [0.29, 0.717) is 19.5 Å². The zero-order valence-electron chi connectivity index (χ0n) is 11.6. The first-order valence-electron chi connectivity index (χ1n) is 6.76. The number of nitrogens with two attached hydrogens (primary N) is 1. The van der Waals surface area contributed by atoms with E-state index >= 15 is 0 Å². The van der Waals surface area contributed by atoms with Gasteiger partial charge in [0.1, 0.15) is 5.92 Å². The number of piperidine rings is 1. The van der Waals surface area contributed by atoms with Gasteiger partial charge in [-0.2, -0.15) is 0 Å². The molecule has 0 aliphatic carbocycles. The Kier molecular flexibility index (Phi) is 4.40. The summed E-state index contributed by atoms with van der Waals surface area (Å²) in [6.45, 7) is 2.73. The van der Waals surface area contributed by atoms with Crippen molar-refractivity contribution in [2.45, 2.75) is 31.3 Å². The molecule has 5 heteroatoms. The summed E-state index contributed by atoms with van der Waals surface area (Å²) in [7, 11) is 0. The van der Waals surface area contributed by atoms with E-state index in [0.717, 1.165) is 12.0 Å². The summed E-state index contributed by atoms with van der Waals surface area (Å²) in [6, 6.07) is 9.31. The third kappa shape index (κ3) is 3.35. The highest BCUT2D eigenvalue weighted by molar-refractivity contribution is 7.80. The van der Waals surface area contributed by atoms with Crippen molar-refractivity contribution < 1.29 is 9.90 Å². The second kappa shape index (κ2) is 5.89. The number of benzene rings is 1. The second-order valence-corrected chi connectivity index (χ2v) is 6.08. The standard InChI is InChI=1S/C15H20N2O2S/c1-15(19)8-5-9-17(10-15)14(18)12(13(16)20)11-6-3-2-4-7-11/h2-4,6-7,12,19H,5,8-10H2,1H3,(H2,16,20). The molecule has 2 atom stereocenters. The minimum atomic E-state index is -0.828. The highest BCUT2D eigenvalue weighted by atomic mass is 32.1. The predicted octanol–water partition coefficient (Wildman–Crippen LogP) is 1.43. The van der Waals surface area contributed by atoms with E-state index in [1.54, 1.807) is 11.8 Å². The van der Waals surface area contributed by atoms with Crippen molar-refractivity contribution in [1.82, 2.24) is 4.90 Å². The molecule has 0 bridgehead atoms. The molecule has 2 rings (SSSR count). The summed E-state index contributed by atoms with van der Waals surface area (Å²) in [5, 5.41) is 10.1. The molecule has 1 aliphatic heterocycles. The number of nitrogens with zero attached hydrogens (tertiary/aromatic N) is 1. The van der Waals surface area contributed by atoms with E-state index in [9.17, 15) is 9.90 Å². The van der Waals surface area contributed by atoms with Gasteiger partial charge >= 0.3 is 0 Å². The van der Waals surface area contributed by atoms with Crippen molar-refractivity contribution in [2.24, 2.45) is 5.73 Å². The lowest BCUT2D eigenvalue weighted by Crippen LogP contribution is -2.51. The number of carbonyl (C=O) groups excluding carboxylic acids is 1. The number of hydrogen-bond donors (Lipinski definition) is 2. The van der Waals surface area contributed by atoms with E-state index in [4.69, 9.17) is 18.0 Å². The van der Waals surface area contributed by atoms with Crippen LogP contribution >= 0.6 is 12.2 Å². The number of likely N-dealkylation sites (tertiary alicyclic amines) is 1. The van der Waals surface area contributed by atoms with E-state index < -0.39 is 11.5 Å². The van der Waals surface area contributed by atoms with Gasteiger partial charge in [-0.1, -0.05) is 42.5 Å². The van der Waals surface area contributed by atoms with Crippen LogP contribution in [0.25, 0.3) is 0 Å². The third-order valence-electron chi connectivity index (χ3n) is 3.65. The van der Waals surface area contributed by atoms with Crippen LogP contribution in [0.5, 0.6) is 0 Å². The fourth-order valence-corrected chi connectivity index (χ4v) is 2.90. The van der Waals surface area contributed by atoms with Gasteiger partial charge in [-0.15, -0.1) is 0 Å². The molecule has 0 radical (unpaired) electrons. The fraction of sp³-hybridized carbons (Fsp3) is 0.467. The van der Waals surface area contributed by atoms with Crippen molar-refractivity contribution in [3.8, 4) is 0 Å². The van der Waals surface area contributed by atoms with Crippen molar-refractivity contribution in [3.05, 3.63) is 35.9 Å². The van der Waals surface area contributed by atoms with E-state index in [1.807, 2.05) is 30.3 Å². The molecule has 1 aromatic carbocycles. The fourth-order valence-electron chi connectivity index (χ4n) is 2.66. The zero-order chi connectivity index (χ0) is 14.8. The summed E-state index contributed by atoms with van der Waals surface area (Å²) >= 11 is 5.07. The van der Waals surface area contributed by atoms with Crippen LogP contribution in [-0.4, -0.2) is 39.6 Å². The van der Waals surface area contributed by atoms with Gasteiger partial charge in [0.2, 0.25) is 5.91 Å². The maximum Gasteiger partial charge on any atom is 0.237 e. The summed E-state index contributed by atoms with van der Waals surface area (Å²) in [5.74, 6) is -0.733. The average Bonchev–Trinajstić information content (AvgIpc) is 2.38. The summed E-state index contributed by atoms with van der Waals surface area (Å²) in [4.78, 5) is 14.5. The lowest BCUT2D eigenvalue weighted by Gasteiger charge is -2.38. The van der Waals surface area contributed by atoms with Crippen LogP contribution < -0.4 is 5.73 Å². The molecule has 1 saturated heterocycles. The molecule has 0 aromatic heterocycles. The number of carbonyl (C=O) groups is 1. The topological polar surface area (TPSA) is 66.6 Å². The van der Waals surface area contributed by atoms with Crippen LogP contribution in [0.1, 0.15) is 31.2 Å². The van der Waals surface area contributed by atoms with Gasteiger partial charge < -0.3 is 15.7 Å². The molecule has 1 aliphatic rings. The Hall–Kier alpha value is -1.46. The molecular weight excluding hydrogens is 272 g/mol. The number of β-amino-alcohol motifs (C(OH)–C–C–N with tert-alkyl or cyclic N) is 1. The SMILES string of the molecule is CC1(O)CCCN(C(=O)C(C(N)=S)c2ccccc2)C1. The smallest absolute Gasteiger partial charge is 0.237 e. The van der Waals surface area contributed by atoms with Crippen molar-refractivity contribution in [3.63, 3.8) is 0 Å². The molecule has 0 spiro atoms. The van der Waals surface area contributed by atoms with E-state index in [-0.39, 0.29) is 10.9 Å². The number of thiocarbonyl (C=S) groups is 1. The highest BCUT2D eigenvalue weighted by Gasteiger charge is 2.35. The minimum Gasteiger partial charge on any atom is -0.392 e. The number of amides is 1. The second-order valence-electron chi connectivity index (χ2n) is 5.61. The average molecular weight is 292 g/mol. The monoisotopic (exact) mass is 292 g/mol. The van der Waals surface area contributed by atoms with E-state index in [1.165, 1.54) is 0 Å². The third-order valence-corrected chi connectivity index (χ3v) is 3.89. The van der Waals surface area contributed by atoms with Gasteiger partial charge in [0.15, 0.2) is 0 Å². The first-order chi connectivity index (χ1) is 9.41. The number of hydrogen-bond acceptors (Lipinski definition) is 3. The Labute approximate surface area is 124 Å². The molecule has 0 saturated carbocycles. The first-order valence-corrected chi connectivity index (χ1v) is 7.17. The largest absolute Gasteiger partial charge is 0.392 e. The minimum absolute atomic E-state index is 0.122. The van der Waals surface area contributed by atoms with Gasteiger partial charge in [-0.05, 0) is 25.3 Å². The maximum atomic E-state index is 12.7. The summed E-state index contributed by atoms with van der Waals surface area (Å²) in [6.07, 6.45) is 1.50. The number of rotatable bonds is 3. The van der Waals surface area contributed by atoms with E-state index in [2.05, 4.69) is 0 Å². The predicted molar refractivity (Wildman–Crippen MR) is 82.4 cm³/mol. The van der Waals surface area contributed by atoms with Crippen molar-refractivity contribution in [2.75, 3.05) is 13.1 Å². The van der Waals surface area contributed by atoms with Crippen LogP contribution in [0.4, 0.5) is 0 Å². The molecule has 2 unspecified atom stereocenters. The van der Waals surface area contributed by atoms with Gasteiger partial charge in [-0.25, -0.2) is 0 Å². The van der Waals surface area contributed by atoms with Gasteiger partial charge in [-0.3, -0.25) is 4.79 Å². The Morgan fingerprint density at radius 3 is 2.65 bits per heavy atom. The van der Waals surface area contributed by atoms with Gasteiger partial charge in [0.05, 0.1) is 10.6 Å². The molecule has 1 aromatic rings. The van der Waals surface area contributed by atoms with Crippen molar-refractivity contribution >= 4 is 23.1 Å². The normalized spacial score (nSPS) is 24.2. The van der Waals surface area contributed by atoms with Crippen LogP contribution in [0.15, 0.2) is 30.3 Å². The molecule has 4 nitrogen and oxygen atoms in total. The Morgan fingerprint density at radius 1 is 1.45 bits per heavy atom. The first kappa shape index (κ1) is 14.9. The summed E-state index contributed by atoms with van der Waals surface area (Å²) in [5.41, 5.74) is 5.74. The maximum absolute atomic E-state index is 12.7. The molecule has 1 heterocycles. The Morgan fingerprint density at radius 2 is 2.10 bits per heavy atom. The van der Waals surface area contributed by atoms with Crippen molar-refractivity contribution in [1.29, 1.82) is 0 Å². The lowest BCUT2D eigenvalue weighted by atomic mass is 9.92. The van der Waals surface area contributed by atoms with Crippen LogP contribution in [0.3, 0.4) is 0 Å². The van der Waals surface area contributed by atoms with Crippen LogP contribution in [0.2, 0.25) is 0 Å². The molecule has 1 amide bonds. The molecule has 1 fully saturated rings. The summed E-state index contributed by atoms with van der Waals surface area (Å²) < 4.78 is 0. The Balaban J connectivity index is 2.22. The quantitative estimate of drug-likeness (QED) is 0.827. The van der Waals surface area contributed by atoms with Crippen LogP contribution in [-0.2, 0) is 4.79 Å². The number of aliphatic hydroxyl groups is 1. The lowest BCUT2D eigenvalue weighted by molar-refractivity contribution is -0.137.